The third-order valence-electron chi connectivity index (χ3n) is 4.81. The van der Waals surface area contributed by atoms with Gasteiger partial charge in [-0.3, -0.25) is 0 Å². The number of phenols is 1. The van der Waals surface area contributed by atoms with Crippen LogP contribution in [0.15, 0.2) is 47.6 Å². The Bertz CT molecular complexity index is 900. The normalized spacial score (nSPS) is 14.5. The largest absolute Gasteiger partial charge is 0.508 e. The Morgan fingerprint density at radius 1 is 1.10 bits per heavy atom. The molecule has 9 heteroatoms. The van der Waals surface area contributed by atoms with Crippen LogP contribution in [0.5, 0.6) is 5.75 Å². The molecule has 0 aliphatic carbocycles. The van der Waals surface area contributed by atoms with Gasteiger partial charge >= 0.3 is 6.18 Å². The number of nitrogens with zero attached hydrogens (tertiary/aromatic N) is 1. The Labute approximate surface area is 172 Å². The van der Waals surface area contributed by atoms with Crippen molar-refractivity contribution in [2.45, 2.75) is 37.5 Å². The summed E-state index contributed by atoms with van der Waals surface area (Å²) in [6, 6.07) is 9.63. The molecule has 0 aliphatic rings. The lowest BCUT2D eigenvalue weighted by Crippen LogP contribution is -2.53. The molecule has 0 aliphatic heterocycles. The molecule has 1 unspecified atom stereocenters. The van der Waals surface area contributed by atoms with Crippen LogP contribution in [-0.2, 0) is 5.41 Å². The molecule has 4 N–H and O–H groups in total. The van der Waals surface area contributed by atoms with Gasteiger partial charge in [0.2, 0.25) is 0 Å². The Hall–Kier alpha value is -2.81. The summed E-state index contributed by atoms with van der Waals surface area (Å²) in [5.74, 6) is -1.03. The molecular weight excluding hydrogens is 402 g/mol. The zero-order valence-corrected chi connectivity index (χ0v) is 16.9. The fraction of sp³-hybridized carbons (Fsp3) is 0.381. The number of para-hydroxylation sites is 1. The van der Waals surface area contributed by atoms with E-state index < -0.39 is 36.0 Å². The Kier molecular flexibility index (Phi) is 6.97. The van der Waals surface area contributed by atoms with Crippen molar-refractivity contribution in [2.24, 2.45) is 5.10 Å². The van der Waals surface area contributed by atoms with Crippen molar-refractivity contribution in [3.63, 3.8) is 0 Å². The molecule has 0 saturated carbocycles. The molecule has 1 atom stereocenters. The molecule has 0 spiro atoms. The highest BCUT2D eigenvalue weighted by molar-refractivity contribution is 5.87. The number of hydrogen-bond acceptors (Lipinski definition) is 5. The molecule has 2 aromatic rings. The molecule has 30 heavy (non-hydrogen) atoms. The number of anilines is 1. The van der Waals surface area contributed by atoms with Crippen molar-refractivity contribution in [3.8, 4) is 5.75 Å². The fourth-order valence-electron chi connectivity index (χ4n) is 3.29. The van der Waals surface area contributed by atoms with Crippen LogP contribution < -0.4 is 10.7 Å². The highest BCUT2D eigenvalue weighted by Crippen LogP contribution is 2.43. The van der Waals surface area contributed by atoms with Crippen molar-refractivity contribution in [1.82, 2.24) is 5.43 Å². The van der Waals surface area contributed by atoms with Crippen LogP contribution in [0.4, 0.5) is 23.2 Å². The number of aromatic hydroxyl groups is 1. The monoisotopic (exact) mass is 427 g/mol. The maximum atomic E-state index is 13.9. The summed E-state index contributed by atoms with van der Waals surface area (Å²) in [6.07, 6.45) is -4.35. The summed E-state index contributed by atoms with van der Waals surface area (Å²) in [7, 11) is 1.58. The predicted molar refractivity (Wildman–Crippen MR) is 108 cm³/mol. The summed E-state index contributed by atoms with van der Waals surface area (Å²) in [4.78, 5) is 0. The lowest BCUT2D eigenvalue weighted by molar-refractivity contribution is -0.260. The van der Waals surface area contributed by atoms with Gasteiger partial charge in [-0.05, 0) is 36.1 Å². The molecule has 164 valence electrons. The standard InChI is InChI=1S/C21H25F4N3O2/c1-19(2,16-10-15(22)8-9-18(16)29)12-20(30,21(23,24)25)13-27-17-7-5-4-6-14(17)11-28-26-3/h4-11,26-27,29-30H,12-13H2,1-3H3/b28-11-. The van der Waals surface area contributed by atoms with Gasteiger partial charge in [-0.1, -0.05) is 32.0 Å². The second-order valence-corrected chi connectivity index (χ2v) is 7.67. The van der Waals surface area contributed by atoms with Crippen LogP contribution in [0.25, 0.3) is 0 Å². The summed E-state index contributed by atoms with van der Waals surface area (Å²) in [5.41, 5.74) is -1.12. The minimum Gasteiger partial charge on any atom is -0.508 e. The average molecular weight is 427 g/mol. The lowest BCUT2D eigenvalue weighted by atomic mass is 9.74. The number of hydrogen-bond donors (Lipinski definition) is 4. The van der Waals surface area contributed by atoms with Gasteiger partial charge in [0.05, 0.1) is 12.8 Å². The fourth-order valence-corrected chi connectivity index (χ4v) is 3.29. The molecule has 5 nitrogen and oxygen atoms in total. The van der Waals surface area contributed by atoms with Crippen molar-refractivity contribution in [1.29, 1.82) is 0 Å². The van der Waals surface area contributed by atoms with E-state index in [1.165, 1.54) is 20.1 Å². The summed E-state index contributed by atoms with van der Waals surface area (Å²) in [6.45, 7) is 1.97. The Morgan fingerprint density at radius 2 is 1.77 bits per heavy atom. The van der Waals surface area contributed by atoms with E-state index in [1.807, 2.05) is 0 Å². The number of alkyl halides is 3. The zero-order valence-electron chi connectivity index (χ0n) is 16.9. The quantitative estimate of drug-likeness (QED) is 0.290. The van der Waals surface area contributed by atoms with E-state index >= 15 is 0 Å². The zero-order chi connectivity index (χ0) is 22.6. The van der Waals surface area contributed by atoms with E-state index in [9.17, 15) is 27.8 Å². The van der Waals surface area contributed by atoms with E-state index in [2.05, 4.69) is 15.8 Å². The minimum atomic E-state index is -4.98. The number of halogens is 4. The van der Waals surface area contributed by atoms with E-state index in [-0.39, 0.29) is 11.3 Å². The number of phenolic OH excluding ortho intramolecular Hbond substituents is 1. The van der Waals surface area contributed by atoms with E-state index in [0.29, 0.717) is 11.3 Å². The van der Waals surface area contributed by atoms with Gasteiger partial charge in [-0.15, -0.1) is 0 Å². The molecule has 2 rings (SSSR count). The van der Waals surface area contributed by atoms with E-state index in [1.54, 1.807) is 31.3 Å². The number of hydrazone groups is 1. The van der Waals surface area contributed by atoms with Crippen molar-refractivity contribution >= 4 is 11.9 Å². The number of nitrogens with one attached hydrogen (secondary N) is 2. The minimum absolute atomic E-state index is 0.0215. The maximum Gasteiger partial charge on any atom is 0.418 e. The van der Waals surface area contributed by atoms with Gasteiger partial charge in [-0.25, -0.2) is 4.39 Å². The van der Waals surface area contributed by atoms with Crippen molar-refractivity contribution in [3.05, 3.63) is 59.4 Å². The molecule has 0 heterocycles. The van der Waals surface area contributed by atoms with Crippen molar-refractivity contribution < 1.29 is 27.8 Å². The first-order chi connectivity index (χ1) is 13.9. The molecule has 0 bridgehead atoms. The van der Waals surface area contributed by atoms with E-state index in [0.717, 1.165) is 18.2 Å². The second kappa shape index (κ2) is 8.91. The average Bonchev–Trinajstić information content (AvgIpc) is 2.66. The first-order valence-electron chi connectivity index (χ1n) is 9.20. The summed E-state index contributed by atoms with van der Waals surface area (Å²) in [5, 5.41) is 27.1. The smallest absolute Gasteiger partial charge is 0.418 e. The number of benzene rings is 2. The second-order valence-electron chi connectivity index (χ2n) is 7.67. The number of aliphatic hydroxyl groups is 1. The van der Waals surface area contributed by atoms with Gasteiger partial charge in [0.25, 0.3) is 0 Å². The highest BCUT2D eigenvalue weighted by atomic mass is 19.4. The van der Waals surface area contributed by atoms with Gasteiger partial charge < -0.3 is 21.0 Å². The SMILES string of the molecule is CN/N=C\c1ccccc1NCC(O)(CC(C)(C)c1cc(F)ccc1O)C(F)(F)F. The summed E-state index contributed by atoms with van der Waals surface area (Å²) < 4.78 is 55.3. The van der Waals surface area contributed by atoms with Crippen LogP contribution in [-0.4, -0.2) is 41.8 Å². The third-order valence-corrected chi connectivity index (χ3v) is 4.81. The third kappa shape index (κ3) is 5.41. The Morgan fingerprint density at radius 3 is 2.40 bits per heavy atom. The number of rotatable bonds is 8. The first kappa shape index (κ1) is 23.5. The molecule has 0 saturated heterocycles. The molecule has 0 radical (unpaired) electrons. The van der Waals surface area contributed by atoms with Crippen LogP contribution in [0.2, 0.25) is 0 Å². The van der Waals surface area contributed by atoms with Gasteiger partial charge in [0.1, 0.15) is 11.6 Å². The summed E-state index contributed by atoms with van der Waals surface area (Å²) >= 11 is 0. The van der Waals surface area contributed by atoms with Crippen molar-refractivity contribution in [2.75, 3.05) is 18.9 Å². The lowest BCUT2D eigenvalue weighted by Gasteiger charge is -2.38. The Balaban J connectivity index is 2.33. The maximum absolute atomic E-state index is 13.9. The molecule has 2 aromatic carbocycles. The topological polar surface area (TPSA) is 76.9 Å². The predicted octanol–water partition coefficient (Wildman–Crippen LogP) is 4.16. The van der Waals surface area contributed by atoms with Gasteiger partial charge in [-0.2, -0.15) is 18.3 Å². The molecule has 0 fully saturated rings. The van der Waals surface area contributed by atoms with Gasteiger partial charge in [0, 0.05) is 23.9 Å². The first-order valence-corrected chi connectivity index (χ1v) is 9.20. The molecular formula is C21H25F4N3O2. The van der Waals surface area contributed by atoms with E-state index in [4.69, 9.17) is 0 Å². The van der Waals surface area contributed by atoms with Crippen LogP contribution in [0, 0.1) is 5.82 Å². The highest BCUT2D eigenvalue weighted by Gasteiger charge is 2.56. The van der Waals surface area contributed by atoms with Crippen LogP contribution in [0.3, 0.4) is 0 Å². The molecule has 0 amide bonds. The van der Waals surface area contributed by atoms with Crippen LogP contribution in [0.1, 0.15) is 31.4 Å². The van der Waals surface area contributed by atoms with Gasteiger partial charge in [0.15, 0.2) is 5.60 Å². The molecule has 0 aromatic heterocycles. The van der Waals surface area contributed by atoms with Crippen LogP contribution >= 0.6 is 0 Å².